The first-order valence-corrected chi connectivity index (χ1v) is 9.59. The molecular formula is C16H26ClN3O3S. The summed E-state index contributed by atoms with van der Waals surface area (Å²) in [7, 11) is -3.65. The molecule has 1 fully saturated rings. The van der Waals surface area contributed by atoms with Gasteiger partial charge in [0.25, 0.3) is 0 Å². The van der Waals surface area contributed by atoms with E-state index in [-0.39, 0.29) is 23.2 Å². The predicted octanol–water partition coefficient (Wildman–Crippen LogP) is 1.19. The molecule has 1 amide bonds. The predicted molar refractivity (Wildman–Crippen MR) is 96.6 cm³/mol. The van der Waals surface area contributed by atoms with Gasteiger partial charge in [-0.1, -0.05) is 12.1 Å². The molecule has 136 valence electrons. The van der Waals surface area contributed by atoms with E-state index in [2.05, 4.69) is 10.6 Å². The lowest BCUT2D eigenvalue weighted by Gasteiger charge is -2.22. The number of rotatable bonds is 7. The van der Waals surface area contributed by atoms with E-state index < -0.39 is 10.0 Å². The summed E-state index contributed by atoms with van der Waals surface area (Å²) < 4.78 is 22.3. The highest BCUT2D eigenvalue weighted by Gasteiger charge is 2.14. The Morgan fingerprint density at radius 3 is 2.42 bits per heavy atom. The van der Waals surface area contributed by atoms with Gasteiger partial charge in [-0.05, 0) is 62.4 Å². The fraction of sp³-hybridized carbons (Fsp3) is 0.562. The Morgan fingerprint density at radius 2 is 1.83 bits per heavy atom. The number of carbonyl (C=O) groups is 1. The number of sulfonamides is 1. The number of nitrogens with one attached hydrogen (secondary N) is 2. The van der Waals surface area contributed by atoms with Gasteiger partial charge in [-0.2, -0.15) is 0 Å². The van der Waals surface area contributed by atoms with Crippen LogP contribution in [0.3, 0.4) is 0 Å². The van der Waals surface area contributed by atoms with E-state index in [0.29, 0.717) is 25.3 Å². The van der Waals surface area contributed by atoms with Gasteiger partial charge in [-0.25, -0.2) is 13.6 Å². The molecule has 1 heterocycles. The molecule has 6 nitrogen and oxygen atoms in total. The number of amides is 1. The molecule has 0 unspecified atom stereocenters. The largest absolute Gasteiger partial charge is 0.356 e. The quantitative estimate of drug-likeness (QED) is 0.666. The highest BCUT2D eigenvalue weighted by Crippen LogP contribution is 2.17. The van der Waals surface area contributed by atoms with Crippen LogP contribution < -0.4 is 15.8 Å². The summed E-state index contributed by atoms with van der Waals surface area (Å²) in [6.07, 6.45) is 4.52. The fourth-order valence-electron chi connectivity index (χ4n) is 2.79. The van der Waals surface area contributed by atoms with Gasteiger partial charge in [0.05, 0.1) is 4.90 Å². The highest BCUT2D eigenvalue weighted by molar-refractivity contribution is 7.89. The van der Waals surface area contributed by atoms with E-state index in [1.807, 2.05) is 0 Å². The van der Waals surface area contributed by atoms with Crippen LogP contribution in [0.1, 0.15) is 31.2 Å². The minimum atomic E-state index is -3.65. The van der Waals surface area contributed by atoms with Crippen molar-refractivity contribution in [3.8, 4) is 0 Å². The summed E-state index contributed by atoms with van der Waals surface area (Å²) in [6.45, 7) is 2.67. The molecule has 0 aromatic heterocycles. The second kappa shape index (κ2) is 9.98. The topological polar surface area (TPSA) is 101 Å². The maximum atomic E-state index is 11.8. The number of halogens is 1. The molecule has 2 rings (SSSR count). The zero-order valence-corrected chi connectivity index (χ0v) is 15.3. The van der Waals surface area contributed by atoms with Gasteiger partial charge in [0.1, 0.15) is 0 Å². The summed E-state index contributed by atoms with van der Waals surface area (Å²) >= 11 is 0. The molecule has 1 aliphatic heterocycles. The summed E-state index contributed by atoms with van der Waals surface area (Å²) in [4.78, 5) is 11.9. The monoisotopic (exact) mass is 375 g/mol. The van der Waals surface area contributed by atoms with Crippen LogP contribution in [-0.4, -0.2) is 34.0 Å². The van der Waals surface area contributed by atoms with Crippen molar-refractivity contribution in [2.45, 2.75) is 37.0 Å². The van der Waals surface area contributed by atoms with Crippen molar-refractivity contribution in [1.29, 1.82) is 0 Å². The maximum absolute atomic E-state index is 11.8. The number of hydrogen-bond acceptors (Lipinski definition) is 4. The molecule has 1 aromatic rings. The molecule has 1 aromatic carbocycles. The summed E-state index contributed by atoms with van der Waals surface area (Å²) in [6, 6.07) is 6.43. The van der Waals surface area contributed by atoms with Crippen LogP contribution in [0.25, 0.3) is 0 Å². The Balaban J connectivity index is 0.00000288. The van der Waals surface area contributed by atoms with E-state index in [0.717, 1.165) is 37.9 Å². The van der Waals surface area contributed by atoms with Crippen LogP contribution in [0.5, 0.6) is 0 Å². The smallest absolute Gasteiger partial charge is 0.238 e. The normalized spacial score (nSPS) is 15.5. The third-order valence-electron chi connectivity index (χ3n) is 4.23. The molecular weight excluding hydrogens is 350 g/mol. The number of nitrogens with two attached hydrogens (primary N) is 1. The molecule has 0 spiro atoms. The first-order chi connectivity index (χ1) is 10.9. The molecule has 1 aliphatic rings. The minimum absolute atomic E-state index is 0. The fourth-order valence-corrected chi connectivity index (χ4v) is 3.30. The first-order valence-electron chi connectivity index (χ1n) is 8.04. The van der Waals surface area contributed by atoms with Crippen molar-refractivity contribution in [2.75, 3.05) is 19.6 Å². The first kappa shape index (κ1) is 20.9. The molecule has 1 saturated heterocycles. The van der Waals surface area contributed by atoms with Crippen molar-refractivity contribution >= 4 is 28.3 Å². The second-order valence-corrected chi connectivity index (χ2v) is 7.58. The molecule has 0 atom stereocenters. The van der Waals surface area contributed by atoms with Crippen molar-refractivity contribution < 1.29 is 13.2 Å². The molecule has 0 radical (unpaired) electrons. The standard InChI is InChI=1S/C16H25N3O3S.ClH/c17-23(21,22)15-4-1-13(2-5-15)9-12-19-16(20)6-3-14-7-10-18-11-8-14;/h1-2,4-5,14,18H,3,6-12H2,(H,19,20)(H2,17,21,22);1H. The number of primary sulfonamides is 1. The van der Waals surface area contributed by atoms with Crippen LogP contribution in [0.4, 0.5) is 0 Å². The van der Waals surface area contributed by atoms with Gasteiger partial charge in [0, 0.05) is 13.0 Å². The van der Waals surface area contributed by atoms with Crippen LogP contribution >= 0.6 is 12.4 Å². The highest BCUT2D eigenvalue weighted by atomic mass is 35.5. The average molecular weight is 376 g/mol. The van der Waals surface area contributed by atoms with Gasteiger partial charge in [-0.3, -0.25) is 4.79 Å². The Labute approximate surface area is 150 Å². The Morgan fingerprint density at radius 1 is 1.21 bits per heavy atom. The third kappa shape index (κ3) is 7.17. The van der Waals surface area contributed by atoms with E-state index in [1.54, 1.807) is 12.1 Å². The van der Waals surface area contributed by atoms with Gasteiger partial charge in [0.2, 0.25) is 15.9 Å². The van der Waals surface area contributed by atoms with Crippen molar-refractivity contribution in [1.82, 2.24) is 10.6 Å². The van der Waals surface area contributed by atoms with Crippen LogP contribution in [-0.2, 0) is 21.2 Å². The summed E-state index contributed by atoms with van der Waals surface area (Å²) in [5.74, 6) is 0.748. The molecule has 4 N–H and O–H groups in total. The molecule has 0 saturated carbocycles. The van der Waals surface area contributed by atoms with Gasteiger partial charge in [0.15, 0.2) is 0 Å². The van der Waals surface area contributed by atoms with Gasteiger partial charge >= 0.3 is 0 Å². The zero-order chi connectivity index (χ0) is 16.7. The molecule has 0 bridgehead atoms. The Hall–Kier alpha value is -1.15. The van der Waals surface area contributed by atoms with Gasteiger partial charge < -0.3 is 10.6 Å². The van der Waals surface area contributed by atoms with Crippen molar-refractivity contribution in [3.05, 3.63) is 29.8 Å². The third-order valence-corrected chi connectivity index (χ3v) is 5.16. The van der Waals surface area contributed by atoms with E-state index in [4.69, 9.17) is 5.14 Å². The number of benzene rings is 1. The lowest BCUT2D eigenvalue weighted by atomic mass is 9.93. The average Bonchev–Trinajstić information content (AvgIpc) is 2.53. The summed E-state index contributed by atoms with van der Waals surface area (Å²) in [5, 5.41) is 11.3. The van der Waals surface area contributed by atoms with E-state index >= 15 is 0 Å². The SMILES string of the molecule is Cl.NS(=O)(=O)c1ccc(CCNC(=O)CCC2CCNCC2)cc1. The van der Waals surface area contributed by atoms with Crippen LogP contribution in [0.15, 0.2) is 29.2 Å². The number of hydrogen-bond donors (Lipinski definition) is 3. The Kier molecular flexibility index (Phi) is 8.69. The number of piperidine rings is 1. The summed E-state index contributed by atoms with van der Waals surface area (Å²) in [5.41, 5.74) is 0.969. The van der Waals surface area contributed by atoms with Gasteiger partial charge in [-0.15, -0.1) is 12.4 Å². The maximum Gasteiger partial charge on any atom is 0.238 e. The molecule has 24 heavy (non-hydrogen) atoms. The van der Waals surface area contributed by atoms with Crippen LogP contribution in [0, 0.1) is 5.92 Å². The Bertz CT molecular complexity index is 614. The molecule has 8 heteroatoms. The minimum Gasteiger partial charge on any atom is -0.356 e. The van der Waals surface area contributed by atoms with Crippen molar-refractivity contribution in [3.63, 3.8) is 0 Å². The lowest BCUT2D eigenvalue weighted by molar-refractivity contribution is -0.121. The molecule has 0 aliphatic carbocycles. The number of carbonyl (C=O) groups excluding carboxylic acids is 1. The van der Waals surface area contributed by atoms with Crippen LogP contribution in [0.2, 0.25) is 0 Å². The van der Waals surface area contributed by atoms with Crippen molar-refractivity contribution in [2.24, 2.45) is 11.1 Å². The lowest BCUT2D eigenvalue weighted by Crippen LogP contribution is -2.30. The second-order valence-electron chi connectivity index (χ2n) is 6.02. The zero-order valence-electron chi connectivity index (χ0n) is 13.7. The van der Waals surface area contributed by atoms with E-state index in [9.17, 15) is 13.2 Å². The van der Waals surface area contributed by atoms with E-state index in [1.165, 1.54) is 12.1 Å².